The summed E-state index contributed by atoms with van der Waals surface area (Å²) < 4.78 is 43.3. The van der Waals surface area contributed by atoms with Crippen molar-refractivity contribution in [1.82, 2.24) is 19.6 Å². The van der Waals surface area contributed by atoms with Crippen molar-refractivity contribution in [1.29, 1.82) is 0 Å². The maximum atomic E-state index is 12.5. The molecular weight excluding hydrogens is 399 g/mol. The van der Waals surface area contributed by atoms with Gasteiger partial charge in [0.05, 0.1) is 5.60 Å². The van der Waals surface area contributed by atoms with Crippen LogP contribution in [-0.2, 0) is 12.0 Å². The monoisotopic (exact) mass is 421 g/mol. The van der Waals surface area contributed by atoms with E-state index in [1.807, 2.05) is 6.07 Å². The van der Waals surface area contributed by atoms with Crippen molar-refractivity contribution in [2.75, 3.05) is 18.0 Å². The molecule has 0 amide bonds. The second-order valence-corrected chi connectivity index (χ2v) is 7.42. The molecule has 0 saturated carbocycles. The van der Waals surface area contributed by atoms with Gasteiger partial charge in [-0.1, -0.05) is 25.5 Å². The standard InChI is InChI=1S/C20H22F3N5O2/c1-2-4-15-12-17(28-18(26-15)24-13-25-28)27-9-7-19(29,8-10-27)14-5-3-6-16(11-14)30-20(21,22)23/h3,5-6,11-13,29H,2,4,7-10H2,1H3. The van der Waals surface area contributed by atoms with E-state index in [4.69, 9.17) is 0 Å². The number of hydrogen-bond acceptors (Lipinski definition) is 6. The highest BCUT2D eigenvalue weighted by molar-refractivity contribution is 5.48. The van der Waals surface area contributed by atoms with Crippen LogP contribution in [0.3, 0.4) is 0 Å². The third-order valence-corrected chi connectivity index (χ3v) is 5.31. The average molecular weight is 421 g/mol. The van der Waals surface area contributed by atoms with Crippen LogP contribution < -0.4 is 9.64 Å². The number of fused-ring (bicyclic) bond motifs is 1. The topological polar surface area (TPSA) is 75.8 Å². The lowest BCUT2D eigenvalue weighted by atomic mass is 9.84. The molecule has 4 rings (SSSR count). The van der Waals surface area contributed by atoms with Crippen LogP contribution in [0.25, 0.3) is 5.78 Å². The quantitative estimate of drug-likeness (QED) is 0.680. The Hall–Kier alpha value is -2.88. The first-order valence-electron chi connectivity index (χ1n) is 9.81. The second kappa shape index (κ2) is 7.75. The number of ether oxygens (including phenoxy) is 1. The van der Waals surface area contributed by atoms with Crippen molar-refractivity contribution in [2.24, 2.45) is 0 Å². The van der Waals surface area contributed by atoms with Gasteiger partial charge in [0, 0.05) is 24.8 Å². The number of alkyl halides is 3. The van der Waals surface area contributed by atoms with E-state index < -0.39 is 12.0 Å². The Morgan fingerprint density at radius 2 is 1.97 bits per heavy atom. The van der Waals surface area contributed by atoms with E-state index in [2.05, 4.69) is 31.6 Å². The third-order valence-electron chi connectivity index (χ3n) is 5.31. The van der Waals surface area contributed by atoms with E-state index in [0.29, 0.717) is 37.3 Å². The highest BCUT2D eigenvalue weighted by Crippen LogP contribution is 2.36. The van der Waals surface area contributed by atoms with Crippen LogP contribution in [0, 0.1) is 0 Å². The normalized spacial score (nSPS) is 16.8. The van der Waals surface area contributed by atoms with Crippen molar-refractivity contribution < 1.29 is 23.0 Å². The molecule has 1 saturated heterocycles. The van der Waals surface area contributed by atoms with Crippen LogP contribution in [-0.4, -0.2) is 44.1 Å². The summed E-state index contributed by atoms with van der Waals surface area (Å²) in [7, 11) is 0. The summed E-state index contributed by atoms with van der Waals surface area (Å²) in [4.78, 5) is 10.8. The van der Waals surface area contributed by atoms with Crippen LogP contribution in [0.15, 0.2) is 36.7 Å². The van der Waals surface area contributed by atoms with E-state index in [1.165, 1.54) is 24.5 Å². The predicted molar refractivity (Wildman–Crippen MR) is 103 cm³/mol. The largest absolute Gasteiger partial charge is 0.573 e. The maximum Gasteiger partial charge on any atom is 0.573 e. The van der Waals surface area contributed by atoms with Gasteiger partial charge in [0.1, 0.15) is 17.9 Å². The smallest absolute Gasteiger partial charge is 0.406 e. The molecule has 3 aromatic rings. The van der Waals surface area contributed by atoms with Gasteiger partial charge in [-0.2, -0.15) is 14.6 Å². The fraction of sp³-hybridized carbons (Fsp3) is 0.450. The second-order valence-electron chi connectivity index (χ2n) is 7.42. The molecule has 1 aliphatic heterocycles. The molecule has 2 aromatic heterocycles. The molecule has 1 fully saturated rings. The summed E-state index contributed by atoms with van der Waals surface area (Å²) >= 11 is 0. The first kappa shape index (κ1) is 20.4. The summed E-state index contributed by atoms with van der Waals surface area (Å²) in [6, 6.07) is 7.54. The molecule has 1 aliphatic rings. The van der Waals surface area contributed by atoms with Crippen LogP contribution in [0.2, 0.25) is 0 Å². The molecule has 7 nitrogen and oxygen atoms in total. The Labute approximate surface area is 171 Å². The molecule has 0 spiro atoms. The minimum Gasteiger partial charge on any atom is -0.406 e. The van der Waals surface area contributed by atoms with Crippen LogP contribution in [0.1, 0.15) is 37.4 Å². The number of anilines is 1. The number of aryl methyl sites for hydroxylation is 1. The van der Waals surface area contributed by atoms with Gasteiger partial charge in [0.15, 0.2) is 0 Å². The highest BCUT2D eigenvalue weighted by atomic mass is 19.4. The lowest BCUT2D eigenvalue weighted by Crippen LogP contribution is -2.43. The van der Waals surface area contributed by atoms with Gasteiger partial charge >= 0.3 is 6.36 Å². The molecule has 30 heavy (non-hydrogen) atoms. The van der Waals surface area contributed by atoms with Crippen LogP contribution in [0.4, 0.5) is 19.0 Å². The number of halogens is 3. The predicted octanol–water partition coefficient (Wildman–Crippen LogP) is 3.46. The Morgan fingerprint density at radius 1 is 1.20 bits per heavy atom. The van der Waals surface area contributed by atoms with Crippen molar-refractivity contribution in [3.63, 3.8) is 0 Å². The molecule has 160 valence electrons. The van der Waals surface area contributed by atoms with Crippen LogP contribution >= 0.6 is 0 Å². The Bertz CT molecular complexity index is 1030. The molecule has 0 atom stereocenters. The molecule has 10 heteroatoms. The Kier molecular flexibility index (Phi) is 5.27. The fourth-order valence-corrected chi connectivity index (χ4v) is 3.83. The SMILES string of the molecule is CCCc1cc(N2CCC(O)(c3cccc(OC(F)(F)F)c3)CC2)n2ncnc2n1. The van der Waals surface area contributed by atoms with E-state index in [1.54, 1.807) is 10.6 Å². The van der Waals surface area contributed by atoms with Gasteiger partial charge in [0.25, 0.3) is 5.78 Å². The van der Waals surface area contributed by atoms with Gasteiger partial charge < -0.3 is 14.7 Å². The number of rotatable bonds is 5. The van der Waals surface area contributed by atoms with Gasteiger partial charge in [-0.15, -0.1) is 13.2 Å². The fourth-order valence-electron chi connectivity index (χ4n) is 3.83. The summed E-state index contributed by atoms with van der Waals surface area (Å²) in [5, 5.41) is 15.4. The number of aliphatic hydroxyl groups is 1. The third kappa shape index (κ3) is 4.18. The minimum absolute atomic E-state index is 0.335. The molecule has 0 radical (unpaired) electrons. The number of hydrogen-bond donors (Lipinski definition) is 1. The van der Waals surface area contributed by atoms with E-state index in [0.717, 1.165) is 24.4 Å². The molecule has 0 bridgehead atoms. The van der Waals surface area contributed by atoms with Gasteiger partial charge in [0.2, 0.25) is 0 Å². The first-order chi connectivity index (χ1) is 14.3. The zero-order valence-corrected chi connectivity index (χ0v) is 16.4. The number of piperidine rings is 1. The van der Waals surface area contributed by atoms with Gasteiger partial charge in [-0.3, -0.25) is 0 Å². The van der Waals surface area contributed by atoms with Crippen molar-refractivity contribution in [2.45, 2.75) is 44.6 Å². The van der Waals surface area contributed by atoms with Crippen molar-refractivity contribution >= 4 is 11.6 Å². The van der Waals surface area contributed by atoms with Crippen molar-refractivity contribution in [3.05, 3.63) is 47.9 Å². The Balaban J connectivity index is 1.55. The summed E-state index contributed by atoms with van der Waals surface area (Å²) in [5.74, 6) is 1.03. The zero-order chi connectivity index (χ0) is 21.4. The van der Waals surface area contributed by atoms with Gasteiger partial charge in [-0.25, -0.2) is 4.98 Å². The molecular formula is C20H22F3N5O2. The molecule has 1 aromatic carbocycles. The lowest BCUT2D eigenvalue weighted by molar-refractivity contribution is -0.274. The van der Waals surface area contributed by atoms with E-state index in [9.17, 15) is 18.3 Å². The van der Waals surface area contributed by atoms with E-state index >= 15 is 0 Å². The number of benzene rings is 1. The van der Waals surface area contributed by atoms with Crippen molar-refractivity contribution in [3.8, 4) is 5.75 Å². The van der Waals surface area contributed by atoms with Crippen LogP contribution in [0.5, 0.6) is 5.75 Å². The summed E-state index contributed by atoms with van der Waals surface area (Å²) in [6.45, 7) is 3.09. The van der Waals surface area contributed by atoms with Gasteiger partial charge in [-0.05, 0) is 37.0 Å². The number of aromatic nitrogens is 4. The molecule has 0 unspecified atom stereocenters. The summed E-state index contributed by atoms with van der Waals surface area (Å²) in [6.07, 6.45) is -0.847. The number of nitrogens with zero attached hydrogens (tertiary/aromatic N) is 5. The maximum absolute atomic E-state index is 12.5. The molecule has 0 aliphatic carbocycles. The highest BCUT2D eigenvalue weighted by Gasteiger charge is 2.36. The summed E-state index contributed by atoms with van der Waals surface area (Å²) in [5.41, 5.74) is 0.101. The molecule has 1 N–H and O–H groups in total. The lowest BCUT2D eigenvalue weighted by Gasteiger charge is -2.39. The Morgan fingerprint density at radius 3 is 2.67 bits per heavy atom. The molecule has 3 heterocycles. The minimum atomic E-state index is -4.77. The average Bonchev–Trinajstić information content (AvgIpc) is 3.16. The first-order valence-corrected chi connectivity index (χ1v) is 9.81. The van der Waals surface area contributed by atoms with E-state index in [-0.39, 0.29) is 5.75 Å². The zero-order valence-electron chi connectivity index (χ0n) is 16.4.